The number of hydrogen-bond acceptors (Lipinski definition) is 6. The van der Waals surface area contributed by atoms with Crippen molar-refractivity contribution in [2.24, 2.45) is 0 Å². The molecule has 2 aliphatic rings. The van der Waals surface area contributed by atoms with E-state index >= 15 is 0 Å². The Morgan fingerprint density at radius 3 is 2.69 bits per heavy atom. The van der Waals surface area contributed by atoms with E-state index in [0.29, 0.717) is 17.7 Å². The van der Waals surface area contributed by atoms with Gasteiger partial charge in [0.25, 0.3) is 0 Å². The standard InChI is InChI=1S/C19H23N7/c1-2-6-15(7-3-1)14-24-12-4-8-16(24)17-9-5-13-25(17)19-11-10-18-20-22-23-26(18)21-19/h1-3,6-7,10-11,16-17H,4-5,8-9,12-14H2/t16-,17+/m1/s1. The van der Waals surface area contributed by atoms with Gasteiger partial charge in [0.1, 0.15) is 0 Å². The van der Waals surface area contributed by atoms with Gasteiger partial charge in [-0.3, -0.25) is 4.90 Å². The second-order valence-corrected chi connectivity index (χ2v) is 7.29. The number of rotatable bonds is 4. The molecule has 1 aromatic carbocycles. The van der Waals surface area contributed by atoms with Gasteiger partial charge in [-0.15, -0.1) is 14.8 Å². The monoisotopic (exact) mass is 349 g/mol. The normalized spacial score (nSPS) is 23.9. The van der Waals surface area contributed by atoms with Crippen LogP contribution >= 0.6 is 0 Å². The molecule has 5 rings (SSSR count). The van der Waals surface area contributed by atoms with Gasteiger partial charge in [0.15, 0.2) is 11.5 Å². The molecule has 0 unspecified atom stereocenters. The third-order valence-corrected chi connectivity index (χ3v) is 5.74. The number of nitrogens with zero attached hydrogens (tertiary/aromatic N) is 7. The van der Waals surface area contributed by atoms with Crippen molar-refractivity contribution in [3.8, 4) is 0 Å². The van der Waals surface area contributed by atoms with Gasteiger partial charge in [-0.25, -0.2) is 0 Å². The van der Waals surface area contributed by atoms with Crippen LogP contribution in [0.4, 0.5) is 5.82 Å². The summed E-state index contributed by atoms with van der Waals surface area (Å²) in [6.45, 7) is 3.28. The first-order valence-electron chi connectivity index (χ1n) is 9.48. The Balaban J connectivity index is 1.38. The van der Waals surface area contributed by atoms with E-state index in [1.54, 1.807) is 0 Å². The molecular weight excluding hydrogens is 326 g/mol. The van der Waals surface area contributed by atoms with E-state index in [1.807, 2.05) is 6.07 Å². The summed E-state index contributed by atoms with van der Waals surface area (Å²) in [6, 6.07) is 15.9. The lowest BCUT2D eigenvalue weighted by Gasteiger charge is -2.35. The lowest BCUT2D eigenvalue weighted by molar-refractivity contribution is 0.215. The third-order valence-electron chi connectivity index (χ3n) is 5.74. The zero-order valence-corrected chi connectivity index (χ0v) is 14.8. The molecular formula is C19H23N7. The second kappa shape index (κ2) is 6.64. The Bertz CT molecular complexity index is 878. The lowest BCUT2D eigenvalue weighted by Crippen LogP contribution is -2.46. The number of anilines is 1. The van der Waals surface area contributed by atoms with Crippen LogP contribution in [0.5, 0.6) is 0 Å². The third kappa shape index (κ3) is 2.82. The van der Waals surface area contributed by atoms with Crippen LogP contribution in [-0.4, -0.2) is 55.3 Å². The fraction of sp³-hybridized carbons (Fsp3) is 0.474. The van der Waals surface area contributed by atoms with Gasteiger partial charge in [0.2, 0.25) is 0 Å². The molecule has 0 amide bonds. The van der Waals surface area contributed by atoms with Crippen LogP contribution in [0.25, 0.3) is 5.65 Å². The summed E-state index contributed by atoms with van der Waals surface area (Å²) in [4.78, 5) is 5.13. The SMILES string of the molecule is c1ccc(CN2CCC[C@@H]2[C@@H]2CCCN2c2ccc3nnnn3n2)cc1. The molecule has 0 bridgehead atoms. The first-order valence-corrected chi connectivity index (χ1v) is 9.48. The predicted octanol–water partition coefficient (Wildman–Crippen LogP) is 2.15. The van der Waals surface area contributed by atoms with E-state index in [9.17, 15) is 0 Å². The fourth-order valence-corrected chi connectivity index (χ4v) is 4.57. The molecule has 0 saturated carbocycles. The van der Waals surface area contributed by atoms with Crippen LogP contribution < -0.4 is 4.90 Å². The van der Waals surface area contributed by atoms with E-state index in [0.717, 1.165) is 18.9 Å². The summed E-state index contributed by atoms with van der Waals surface area (Å²) in [5.74, 6) is 0.985. The van der Waals surface area contributed by atoms with E-state index in [-0.39, 0.29) is 0 Å². The van der Waals surface area contributed by atoms with Crippen molar-refractivity contribution in [3.05, 3.63) is 48.0 Å². The first-order chi connectivity index (χ1) is 12.9. The molecule has 2 fully saturated rings. The number of fused-ring (bicyclic) bond motifs is 1. The van der Waals surface area contributed by atoms with Gasteiger partial charge in [0.05, 0.1) is 0 Å². The quantitative estimate of drug-likeness (QED) is 0.719. The highest BCUT2D eigenvalue weighted by Gasteiger charge is 2.38. The number of hydrogen-bond donors (Lipinski definition) is 0. The van der Waals surface area contributed by atoms with Crippen LogP contribution in [0.15, 0.2) is 42.5 Å². The molecule has 7 nitrogen and oxygen atoms in total. The second-order valence-electron chi connectivity index (χ2n) is 7.29. The minimum absolute atomic E-state index is 0.516. The molecule has 0 radical (unpaired) electrons. The van der Waals surface area contributed by atoms with Crippen molar-refractivity contribution in [3.63, 3.8) is 0 Å². The van der Waals surface area contributed by atoms with E-state index in [1.165, 1.54) is 42.4 Å². The minimum Gasteiger partial charge on any atom is -0.351 e. The lowest BCUT2D eigenvalue weighted by atomic mass is 10.0. The Morgan fingerprint density at radius 1 is 0.923 bits per heavy atom. The highest BCUT2D eigenvalue weighted by Crippen LogP contribution is 2.33. The van der Waals surface area contributed by atoms with Gasteiger partial charge < -0.3 is 4.90 Å². The molecule has 0 spiro atoms. The molecule has 3 aromatic rings. The number of tetrazole rings is 1. The number of benzene rings is 1. The van der Waals surface area contributed by atoms with Crippen LogP contribution in [-0.2, 0) is 6.54 Å². The average Bonchev–Trinajstić information content (AvgIpc) is 3.41. The Hall–Kier alpha value is -2.54. The topological polar surface area (TPSA) is 62.5 Å². The van der Waals surface area contributed by atoms with Crippen LogP contribution in [0.3, 0.4) is 0 Å². The first kappa shape index (κ1) is 15.7. The molecule has 2 atom stereocenters. The Kier molecular flexibility index (Phi) is 4.01. The van der Waals surface area contributed by atoms with Crippen molar-refractivity contribution in [1.29, 1.82) is 0 Å². The van der Waals surface area contributed by atoms with Gasteiger partial charge in [-0.1, -0.05) is 30.3 Å². The molecule has 0 N–H and O–H groups in total. The van der Waals surface area contributed by atoms with Crippen molar-refractivity contribution < 1.29 is 0 Å². The van der Waals surface area contributed by atoms with Crippen molar-refractivity contribution in [2.75, 3.05) is 18.0 Å². The zero-order chi connectivity index (χ0) is 17.3. The molecule has 2 aromatic heterocycles. The summed E-state index contributed by atoms with van der Waals surface area (Å²) in [7, 11) is 0. The zero-order valence-electron chi connectivity index (χ0n) is 14.8. The van der Waals surface area contributed by atoms with E-state index in [4.69, 9.17) is 0 Å². The van der Waals surface area contributed by atoms with E-state index in [2.05, 4.69) is 66.8 Å². The van der Waals surface area contributed by atoms with Crippen molar-refractivity contribution in [2.45, 2.75) is 44.3 Å². The Morgan fingerprint density at radius 2 is 1.77 bits per heavy atom. The summed E-state index contributed by atoms with van der Waals surface area (Å²) in [5.41, 5.74) is 2.09. The maximum absolute atomic E-state index is 4.64. The van der Waals surface area contributed by atoms with Gasteiger partial charge >= 0.3 is 0 Å². The molecule has 134 valence electrons. The highest BCUT2D eigenvalue weighted by molar-refractivity contribution is 5.46. The molecule has 7 heteroatoms. The Labute approximate surface area is 152 Å². The molecule has 0 aliphatic carbocycles. The van der Waals surface area contributed by atoms with Crippen LogP contribution in [0.2, 0.25) is 0 Å². The van der Waals surface area contributed by atoms with Crippen LogP contribution in [0.1, 0.15) is 31.2 Å². The minimum atomic E-state index is 0.516. The largest absolute Gasteiger partial charge is 0.351 e. The maximum Gasteiger partial charge on any atom is 0.200 e. The predicted molar refractivity (Wildman–Crippen MR) is 98.8 cm³/mol. The number of likely N-dealkylation sites (tertiary alicyclic amines) is 1. The number of aromatic nitrogens is 5. The molecule has 26 heavy (non-hydrogen) atoms. The van der Waals surface area contributed by atoms with Crippen LogP contribution in [0, 0.1) is 0 Å². The molecule has 2 aliphatic heterocycles. The molecule has 4 heterocycles. The van der Waals surface area contributed by atoms with E-state index < -0.39 is 0 Å². The van der Waals surface area contributed by atoms with Crippen molar-refractivity contribution >= 4 is 11.5 Å². The van der Waals surface area contributed by atoms with Gasteiger partial charge in [-0.2, -0.15) is 0 Å². The summed E-state index contributed by atoms with van der Waals surface area (Å²) >= 11 is 0. The van der Waals surface area contributed by atoms with Gasteiger partial charge in [0, 0.05) is 25.2 Å². The smallest absolute Gasteiger partial charge is 0.200 e. The summed E-state index contributed by atoms with van der Waals surface area (Å²) < 4.78 is 1.53. The van der Waals surface area contributed by atoms with Gasteiger partial charge in [-0.05, 0) is 60.4 Å². The highest BCUT2D eigenvalue weighted by atomic mass is 15.6. The fourth-order valence-electron chi connectivity index (χ4n) is 4.57. The maximum atomic E-state index is 4.64. The summed E-state index contributed by atoms with van der Waals surface area (Å²) in [5, 5.41) is 16.2. The average molecular weight is 349 g/mol. The summed E-state index contributed by atoms with van der Waals surface area (Å²) in [6.07, 6.45) is 4.99. The molecule has 2 saturated heterocycles. The van der Waals surface area contributed by atoms with Crippen molar-refractivity contribution in [1.82, 2.24) is 30.2 Å².